The van der Waals surface area contributed by atoms with E-state index in [4.69, 9.17) is 0 Å². The molecule has 0 aliphatic carbocycles. The Labute approximate surface area is 98.7 Å². The lowest BCUT2D eigenvalue weighted by atomic mass is 10.4. The van der Waals surface area contributed by atoms with Crippen molar-refractivity contribution < 1.29 is 0 Å². The molecule has 1 saturated heterocycles. The van der Waals surface area contributed by atoms with Crippen molar-refractivity contribution >= 4 is 16.9 Å². The van der Waals surface area contributed by atoms with Gasteiger partial charge in [0, 0.05) is 32.7 Å². The van der Waals surface area contributed by atoms with Crippen LogP contribution in [0.2, 0.25) is 0 Å². The van der Waals surface area contributed by atoms with E-state index in [1.54, 1.807) is 0 Å². The molecule has 0 radical (unpaired) electrons. The highest BCUT2D eigenvalue weighted by atomic mass is 32.2. The van der Waals surface area contributed by atoms with Gasteiger partial charge in [0.1, 0.15) is 0 Å². The molecule has 1 N–H and O–H groups in total. The molecule has 4 heteroatoms. The Hall–Kier alpha value is -0.220. The van der Waals surface area contributed by atoms with Crippen molar-refractivity contribution in [3.8, 4) is 0 Å². The predicted octanol–water partition coefficient (Wildman–Crippen LogP) is 2.05. The van der Waals surface area contributed by atoms with E-state index < -0.39 is 0 Å². The lowest BCUT2D eigenvalue weighted by Gasteiger charge is -2.29. The zero-order valence-electron chi connectivity index (χ0n) is 10.5. The minimum atomic E-state index is 0.895. The van der Waals surface area contributed by atoms with E-state index in [2.05, 4.69) is 29.1 Å². The molecular weight excluding hydrogens is 206 g/mol. The quantitative estimate of drug-likeness (QED) is 0.582. The average Bonchev–Trinajstić information content (AvgIpc) is 2.33. The molecule has 15 heavy (non-hydrogen) atoms. The molecule has 1 aliphatic heterocycles. The van der Waals surface area contributed by atoms with Gasteiger partial charge in [-0.05, 0) is 12.7 Å². The number of rotatable bonds is 2. The van der Waals surface area contributed by atoms with Gasteiger partial charge in [-0.25, -0.2) is 0 Å². The van der Waals surface area contributed by atoms with Crippen LogP contribution < -0.4 is 5.32 Å². The van der Waals surface area contributed by atoms with Gasteiger partial charge in [-0.3, -0.25) is 4.99 Å². The summed E-state index contributed by atoms with van der Waals surface area (Å²) in [6.07, 6.45) is 0. The zero-order valence-corrected chi connectivity index (χ0v) is 11.4. The van der Waals surface area contributed by atoms with E-state index in [1.165, 1.54) is 5.17 Å². The molecule has 1 fully saturated rings. The monoisotopic (exact) mass is 231 g/mol. The molecular formula is C11H25N3S. The van der Waals surface area contributed by atoms with Gasteiger partial charge in [0.25, 0.3) is 0 Å². The number of hydrogen-bond acceptors (Lipinski definition) is 3. The second-order valence-corrected chi connectivity index (χ2v) is 4.16. The Morgan fingerprint density at radius 1 is 1.27 bits per heavy atom. The first kappa shape index (κ1) is 14.8. The maximum absolute atomic E-state index is 4.52. The summed E-state index contributed by atoms with van der Waals surface area (Å²) in [7, 11) is 0. The number of hydrogen-bond donors (Lipinski definition) is 1. The Kier molecular flexibility index (Phi) is 10.2. The van der Waals surface area contributed by atoms with Gasteiger partial charge >= 0.3 is 0 Å². The van der Waals surface area contributed by atoms with Gasteiger partial charge in [-0.2, -0.15) is 0 Å². The normalized spacial score (nSPS) is 17.1. The third-order valence-corrected chi connectivity index (χ3v) is 2.89. The lowest BCUT2D eigenvalue weighted by molar-refractivity contribution is 0.362. The van der Waals surface area contributed by atoms with Crippen LogP contribution in [-0.4, -0.2) is 48.5 Å². The minimum absolute atomic E-state index is 0.895. The van der Waals surface area contributed by atoms with Gasteiger partial charge in [0.2, 0.25) is 0 Å². The van der Waals surface area contributed by atoms with Crippen molar-refractivity contribution in [2.45, 2.75) is 27.7 Å². The van der Waals surface area contributed by atoms with E-state index in [0.29, 0.717) is 0 Å². The second-order valence-electron chi connectivity index (χ2n) is 2.93. The molecule has 0 aromatic carbocycles. The van der Waals surface area contributed by atoms with Crippen LogP contribution in [0.3, 0.4) is 0 Å². The summed E-state index contributed by atoms with van der Waals surface area (Å²) in [6, 6.07) is 0. The molecule has 1 heterocycles. The molecule has 0 saturated carbocycles. The van der Waals surface area contributed by atoms with E-state index >= 15 is 0 Å². The number of aliphatic imine (C=N–C) groups is 1. The highest BCUT2D eigenvalue weighted by Gasteiger charge is 2.13. The smallest absolute Gasteiger partial charge is 0.159 e. The van der Waals surface area contributed by atoms with Crippen LogP contribution in [0.5, 0.6) is 0 Å². The molecule has 0 atom stereocenters. The van der Waals surface area contributed by atoms with Gasteiger partial charge < -0.3 is 10.2 Å². The van der Waals surface area contributed by atoms with Crippen LogP contribution in [0.15, 0.2) is 4.99 Å². The third kappa shape index (κ3) is 6.05. The van der Waals surface area contributed by atoms with Gasteiger partial charge in [0.05, 0.1) is 0 Å². The van der Waals surface area contributed by atoms with Crippen LogP contribution in [0.4, 0.5) is 0 Å². The van der Waals surface area contributed by atoms with Crippen molar-refractivity contribution in [1.29, 1.82) is 0 Å². The second kappa shape index (κ2) is 10.3. The maximum Gasteiger partial charge on any atom is 0.159 e. The average molecular weight is 231 g/mol. The van der Waals surface area contributed by atoms with E-state index in [1.807, 2.05) is 25.6 Å². The summed E-state index contributed by atoms with van der Waals surface area (Å²) >= 11 is 1.86. The Morgan fingerprint density at radius 2 is 1.87 bits per heavy atom. The maximum atomic E-state index is 4.52. The highest BCUT2D eigenvalue weighted by molar-refractivity contribution is 8.13. The van der Waals surface area contributed by atoms with Crippen LogP contribution in [0.25, 0.3) is 0 Å². The zero-order chi connectivity index (χ0) is 11.5. The summed E-state index contributed by atoms with van der Waals surface area (Å²) in [5, 5.41) is 4.58. The van der Waals surface area contributed by atoms with Gasteiger partial charge in [0.15, 0.2) is 5.17 Å². The standard InChI is InChI=1S/C9H19N3S.C2H6/c1-3-11-9(13-4-2)12-7-5-10-6-8-12;1-2/h10H,3-8H2,1-2H3;1-2H3. The van der Waals surface area contributed by atoms with E-state index in [-0.39, 0.29) is 0 Å². The Balaban J connectivity index is 0.000000921. The molecule has 3 nitrogen and oxygen atoms in total. The van der Waals surface area contributed by atoms with Crippen molar-refractivity contribution in [3.63, 3.8) is 0 Å². The largest absolute Gasteiger partial charge is 0.349 e. The molecule has 0 unspecified atom stereocenters. The van der Waals surface area contributed by atoms with E-state index in [0.717, 1.165) is 38.5 Å². The highest BCUT2D eigenvalue weighted by Crippen LogP contribution is 2.09. The molecule has 0 bridgehead atoms. The first-order valence-corrected chi connectivity index (χ1v) is 7.00. The number of thioether (sulfide) groups is 1. The summed E-state index contributed by atoms with van der Waals surface area (Å²) in [6.45, 7) is 13.6. The summed E-state index contributed by atoms with van der Waals surface area (Å²) in [5.41, 5.74) is 0. The SMILES string of the molecule is CC.CCN=C(SCC)N1CCNCC1. The van der Waals surface area contributed by atoms with Crippen LogP contribution >= 0.6 is 11.8 Å². The molecule has 1 rings (SSSR count). The molecule has 1 aliphatic rings. The fourth-order valence-corrected chi connectivity index (χ4v) is 2.20. The van der Waals surface area contributed by atoms with Crippen molar-refractivity contribution in [3.05, 3.63) is 0 Å². The molecule has 0 aromatic heterocycles. The van der Waals surface area contributed by atoms with Crippen LogP contribution in [0.1, 0.15) is 27.7 Å². The first-order chi connectivity index (χ1) is 7.38. The van der Waals surface area contributed by atoms with E-state index in [9.17, 15) is 0 Å². The number of nitrogens with one attached hydrogen (secondary N) is 1. The number of piperazine rings is 1. The summed E-state index contributed by atoms with van der Waals surface area (Å²) in [5.74, 6) is 1.11. The first-order valence-electron chi connectivity index (χ1n) is 6.01. The molecule has 0 amide bonds. The lowest BCUT2D eigenvalue weighted by Crippen LogP contribution is -2.45. The summed E-state index contributed by atoms with van der Waals surface area (Å²) < 4.78 is 0. The van der Waals surface area contributed by atoms with Crippen LogP contribution in [-0.2, 0) is 0 Å². The predicted molar refractivity (Wildman–Crippen MR) is 71.9 cm³/mol. The van der Waals surface area contributed by atoms with Crippen molar-refractivity contribution in [1.82, 2.24) is 10.2 Å². The minimum Gasteiger partial charge on any atom is -0.349 e. The van der Waals surface area contributed by atoms with Gasteiger partial charge in [-0.15, -0.1) is 0 Å². The summed E-state index contributed by atoms with van der Waals surface area (Å²) in [4.78, 5) is 6.90. The van der Waals surface area contributed by atoms with Crippen molar-refractivity contribution in [2.75, 3.05) is 38.5 Å². The number of amidine groups is 1. The topological polar surface area (TPSA) is 27.6 Å². The number of nitrogens with zero attached hydrogens (tertiary/aromatic N) is 2. The fourth-order valence-electron chi connectivity index (χ4n) is 1.36. The van der Waals surface area contributed by atoms with Crippen LogP contribution in [0, 0.1) is 0 Å². The fraction of sp³-hybridized carbons (Fsp3) is 0.909. The third-order valence-electron chi connectivity index (χ3n) is 1.95. The Bertz CT molecular complexity index is 165. The van der Waals surface area contributed by atoms with Crippen molar-refractivity contribution in [2.24, 2.45) is 4.99 Å². The van der Waals surface area contributed by atoms with Gasteiger partial charge in [-0.1, -0.05) is 32.5 Å². The molecule has 0 aromatic rings. The molecule has 90 valence electrons. The Morgan fingerprint density at radius 3 is 2.33 bits per heavy atom. The molecule has 0 spiro atoms.